The first-order valence-electron chi connectivity index (χ1n) is 10.4. The third-order valence-corrected chi connectivity index (χ3v) is 5.65. The molecule has 0 spiro atoms. The van der Waals surface area contributed by atoms with Crippen LogP contribution in [0, 0.1) is 0 Å². The van der Waals surface area contributed by atoms with E-state index in [1.165, 1.54) is 18.2 Å². The Bertz CT molecular complexity index is 1010. The molecule has 32 heavy (non-hydrogen) atoms. The number of nitrogens with one attached hydrogen (secondary N) is 1. The van der Waals surface area contributed by atoms with Crippen LogP contribution in [-0.2, 0) is 13.1 Å². The van der Waals surface area contributed by atoms with E-state index >= 15 is 0 Å². The van der Waals surface area contributed by atoms with Crippen LogP contribution in [-0.4, -0.2) is 44.7 Å². The summed E-state index contributed by atoms with van der Waals surface area (Å²) in [6, 6.07) is 15.4. The van der Waals surface area contributed by atoms with Gasteiger partial charge in [-0.2, -0.15) is 11.3 Å². The number of ether oxygens (including phenoxy) is 3. The van der Waals surface area contributed by atoms with E-state index in [0.717, 1.165) is 18.8 Å². The molecule has 0 radical (unpaired) electrons. The second-order valence-electron chi connectivity index (χ2n) is 7.66. The molecule has 3 rings (SSSR count). The first-order valence-corrected chi connectivity index (χ1v) is 11.4. The third-order valence-electron chi connectivity index (χ3n) is 4.92. The molecule has 1 amide bonds. The highest BCUT2D eigenvalue weighted by molar-refractivity contribution is 7.07. The zero-order valence-electron chi connectivity index (χ0n) is 19.0. The number of hydrogen-bond donors (Lipinski definition) is 1. The largest absolute Gasteiger partial charge is 0.497 e. The van der Waals surface area contributed by atoms with Crippen molar-refractivity contribution >= 4 is 17.2 Å². The van der Waals surface area contributed by atoms with E-state index in [1.807, 2.05) is 25.1 Å². The summed E-state index contributed by atoms with van der Waals surface area (Å²) in [4.78, 5) is 14.9. The number of benzene rings is 2. The Balaban J connectivity index is 1.53. The van der Waals surface area contributed by atoms with Gasteiger partial charge in [0.25, 0.3) is 5.91 Å². The normalized spacial score (nSPS) is 11.8. The quantitative estimate of drug-likeness (QED) is 0.459. The molecular formula is C25H30N2O4S. The maximum absolute atomic E-state index is 12.6. The standard InChI is InChI=1S/C25H30N2O4S/c1-18(14-26-25(28)23-13-21(29-3)8-9-24(23)30-4)31-22-7-5-6-19(12-22)15-27(2)16-20-10-11-32-17-20/h5-13,17-18H,14-16H2,1-4H3,(H,26,28)/t18-/m0/s1. The fourth-order valence-corrected chi connectivity index (χ4v) is 4.04. The first kappa shape index (κ1) is 23.6. The van der Waals surface area contributed by atoms with Crippen molar-refractivity contribution in [2.24, 2.45) is 0 Å². The van der Waals surface area contributed by atoms with Crippen LogP contribution in [0.5, 0.6) is 17.2 Å². The molecule has 0 aliphatic rings. The van der Waals surface area contributed by atoms with E-state index in [-0.39, 0.29) is 12.0 Å². The third kappa shape index (κ3) is 6.73. The van der Waals surface area contributed by atoms with Crippen LogP contribution < -0.4 is 19.5 Å². The molecule has 1 atom stereocenters. The summed E-state index contributed by atoms with van der Waals surface area (Å²) in [5, 5.41) is 7.18. The average Bonchev–Trinajstić information content (AvgIpc) is 3.30. The maximum atomic E-state index is 12.6. The number of thiophene rings is 1. The maximum Gasteiger partial charge on any atom is 0.255 e. The zero-order valence-corrected chi connectivity index (χ0v) is 19.8. The Hall–Kier alpha value is -3.03. The average molecular weight is 455 g/mol. The fourth-order valence-electron chi connectivity index (χ4n) is 3.38. The van der Waals surface area contributed by atoms with Gasteiger partial charge in [-0.05, 0) is 72.3 Å². The van der Waals surface area contributed by atoms with E-state index in [0.29, 0.717) is 23.6 Å². The number of methoxy groups -OCH3 is 2. The van der Waals surface area contributed by atoms with Crippen molar-refractivity contribution < 1.29 is 19.0 Å². The Morgan fingerprint density at radius 1 is 1.03 bits per heavy atom. The molecule has 0 fully saturated rings. The van der Waals surface area contributed by atoms with Gasteiger partial charge in [-0.25, -0.2) is 0 Å². The summed E-state index contributed by atoms with van der Waals surface area (Å²) < 4.78 is 16.6. The molecule has 170 valence electrons. The van der Waals surface area contributed by atoms with Crippen molar-refractivity contribution in [1.29, 1.82) is 0 Å². The van der Waals surface area contributed by atoms with E-state index in [1.54, 1.807) is 36.6 Å². The van der Waals surface area contributed by atoms with Gasteiger partial charge in [-0.3, -0.25) is 9.69 Å². The van der Waals surface area contributed by atoms with Crippen molar-refractivity contribution in [3.05, 3.63) is 76.0 Å². The lowest BCUT2D eigenvalue weighted by molar-refractivity contribution is 0.0928. The molecule has 1 heterocycles. The highest BCUT2D eigenvalue weighted by atomic mass is 32.1. The SMILES string of the molecule is COc1ccc(OC)c(C(=O)NC[C@H](C)Oc2cccc(CN(C)Cc3ccsc3)c2)c1. The number of amides is 1. The predicted molar refractivity (Wildman–Crippen MR) is 128 cm³/mol. The molecule has 1 N–H and O–H groups in total. The number of carbonyl (C=O) groups excluding carboxylic acids is 1. The Morgan fingerprint density at radius 3 is 2.56 bits per heavy atom. The zero-order chi connectivity index (χ0) is 22.9. The lowest BCUT2D eigenvalue weighted by Crippen LogP contribution is -2.33. The van der Waals surface area contributed by atoms with Gasteiger partial charge in [0.15, 0.2) is 0 Å². The molecule has 0 aliphatic heterocycles. The van der Waals surface area contributed by atoms with Crippen molar-refractivity contribution in [1.82, 2.24) is 10.2 Å². The lowest BCUT2D eigenvalue weighted by atomic mass is 10.1. The molecule has 2 aromatic carbocycles. The smallest absolute Gasteiger partial charge is 0.255 e. The summed E-state index contributed by atoms with van der Waals surface area (Å²) in [5.74, 6) is 1.64. The molecule has 6 nitrogen and oxygen atoms in total. The predicted octanol–water partition coefficient (Wildman–Crippen LogP) is 4.59. The monoisotopic (exact) mass is 454 g/mol. The van der Waals surface area contributed by atoms with E-state index in [2.05, 4.69) is 40.2 Å². The van der Waals surface area contributed by atoms with Crippen LogP contribution in [0.4, 0.5) is 0 Å². The summed E-state index contributed by atoms with van der Waals surface area (Å²) in [6.45, 7) is 4.03. The van der Waals surface area contributed by atoms with Gasteiger partial charge in [0.2, 0.25) is 0 Å². The Morgan fingerprint density at radius 2 is 1.84 bits per heavy atom. The lowest BCUT2D eigenvalue weighted by Gasteiger charge is -2.19. The molecule has 7 heteroatoms. The van der Waals surface area contributed by atoms with E-state index < -0.39 is 0 Å². The second kappa shape index (κ2) is 11.5. The van der Waals surface area contributed by atoms with Crippen molar-refractivity contribution in [3.8, 4) is 17.2 Å². The summed E-state index contributed by atoms with van der Waals surface area (Å²) in [6.07, 6.45) is -0.200. The van der Waals surface area contributed by atoms with Gasteiger partial charge >= 0.3 is 0 Å². The van der Waals surface area contributed by atoms with Gasteiger partial charge < -0.3 is 19.5 Å². The van der Waals surface area contributed by atoms with Gasteiger partial charge in [0.05, 0.1) is 26.3 Å². The van der Waals surface area contributed by atoms with Crippen LogP contribution >= 0.6 is 11.3 Å². The van der Waals surface area contributed by atoms with Crippen LogP contribution in [0.25, 0.3) is 0 Å². The molecule has 0 saturated carbocycles. The molecule has 0 unspecified atom stereocenters. The van der Waals surface area contributed by atoms with Gasteiger partial charge in [-0.15, -0.1) is 0 Å². The number of hydrogen-bond acceptors (Lipinski definition) is 6. The van der Waals surface area contributed by atoms with Crippen molar-refractivity contribution in [2.45, 2.75) is 26.1 Å². The minimum atomic E-state index is -0.236. The Labute approximate surface area is 193 Å². The summed E-state index contributed by atoms with van der Waals surface area (Å²) in [7, 11) is 5.21. The molecule has 1 aromatic heterocycles. The van der Waals surface area contributed by atoms with Crippen LogP contribution in [0.2, 0.25) is 0 Å². The number of carbonyl (C=O) groups is 1. The summed E-state index contributed by atoms with van der Waals surface area (Å²) >= 11 is 1.72. The minimum absolute atomic E-state index is 0.200. The van der Waals surface area contributed by atoms with E-state index in [9.17, 15) is 4.79 Å². The summed E-state index contributed by atoms with van der Waals surface area (Å²) in [5.41, 5.74) is 2.93. The molecule has 3 aromatic rings. The van der Waals surface area contributed by atoms with Gasteiger partial charge in [-0.1, -0.05) is 12.1 Å². The number of nitrogens with zero attached hydrogens (tertiary/aromatic N) is 1. The van der Waals surface area contributed by atoms with E-state index in [4.69, 9.17) is 14.2 Å². The fraction of sp³-hybridized carbons (Fsp3) is 0.320. The highest BCUT2D eigenvalue weighted by Gasteiger charge is 2.15. The Kier molecular flexibility index (Phi) is 8.53. The van der Waals surface area contributed by atoms with Crippen molar-refractivity contribution in [3.63, 3.8) is 0 Å². The van der Waals surface area contributed by atoms with Crippen LogP contribution in [0.1, 0.15) is 28.4 Å². The second-order valence-corrected chi connectivity index (χ2v) is 8.44. The number of rotatable bonds is 11. The first-order chi connectivity index (χ1) is 15.5. The van der Waals surface area contributed by atoms with Gasteiger partial charge in [0, 0.05) is 13.1 Å². The topological polar surface area (TPSA) is 60.0 Å². The molecule has 0 aliphatic carbocycles. The van der Waals surface area contributed by atoms with Crippen LogP contribution in [0.15, 0.2) is 59.3 Å². The molecular weight excluding hydrogens is 424 g/mol. The molecule has 0 bridgehead atoms. The van der Waals surface area contributed by atoms with Crippen LogP contribution in [0.3, 0.4) is 0 Å². The minimum Gasteiger partial charge on any atom is -0.497 e. The highest BCUT2D eigenvalue weighted by Crippen LogP contribution is 2.24. The molecule has 0 saturated heterocycles. The van der Waals surface area contributed by atoms with Gasteiger partial charge in [0.1, 0.15) is 23.4 Å². The van der Waals surface area contributed by atoms with Crippen molar-refractivity contribution in [2.75, 3.05) is 27.8 Å².